The largest absolute Gasteiger partial charge is 0.361 e. The van der Waals surface area contributed by atoms with Crippen LogP contribution in [-0.2, 0) is 12.6 Å². The molecule has 1 atom stereocenters. The van der Waals surface area contributed by atoms with Crippen molar-refractivity contribution in [3.63, 3.8) is 0 Å². The van der Waals surface area contributed by atoms with Crippen molar-refractivity contribution < 1.29 is 8.78 Å². The number of rotatable bonds is 8. The molecule has 4 rings (SSSR count). The first kappa shape index (κ1) is 25.0. The van der Waals surface area contributed by atoms with Gasteiger partial charge in [-0.25, -0.2) is 8.78 Å². The van der Waals surface area contributed by atoms with E-state index in [-0.39, 0.29) is 18.8 Å². The van der Waals surface area contributed by atoms with Gasteiger partial charge >= 0.3 is 0 Å². The summed E-state index contributed by atoms with van der Waals surface area (Å²) in [5.41, 5.74) is 5.07. The molecule has 2 aliphatic rings. The van der Waals surface area contributed by atoms with Crippen molar-refractivity contribution in [1.29, 1.82) is 0 Å². The number of aliphatic imine (C=N–C) groups is 1. The highest BCUT2D eigenvalue weighted by Gasteiger charge is 2.45. The molecular weight excluding hydrogens is 442 g/mol. The predicted molar refractivity (Wildman–Crippen MR) is 141 cm³/mol. The summed E-state index contributed by atoms with van der Waals surface area (Å²) in [6.07, 6.45) is 13.3. The Balaban J connectivity index is 1.68. The lowest BCUT2D eigenvalue weighted by Gasteiger charge is -2.42. The first-order chi connectivity index (χ1) is 16.6. The molecule has 1 aliphatic carbocycles. The number of alkyl halides is 2. The lowest BCUT2D eigenvalue weighted by Crippen LogP contribution is -2.48. The topological polar surface area (TPSA) is 32.6 Å². The van der Waals surface area contributed by atoms with E-state index in [4.69, 9.17) is 0 Å². The van der Waals surface area contributed by atoms with Gasteiger partial charge in [0, 0.05) is 64.7 Å². The lowest BCUT2D eigenvalue weighted by molar-refractivity contribution is -0.114. The molecule has 1 unspecified atom stereocenters. The molecule has 35 heavy (non-hydrogen) atoms. The van der Waals surface area contributed by atoms with E-state index in [0.29, 0.717) is 6.54 Å². The van der Waals surface area contributed by atoms with Gasteiger partial charge in [0.15, 0.2) is 0 Å². The minimum Gasteiger partial charge on any atom is -0.361 e. The molecule has 186 valence electrons. The summed E-state index contributed by atoms with van der Waals surface area (Å²) in [5, 5.41) is 3.77. The van der Waals surface area contributed by atoms with Crippen molar-refractivity contribution in [2.75, 3.05) is 20.6 Å². The number of dihydropyridines is 1. The van der Waals surface area contributed by atoms with Crippen LogP contribution in [0.5, 0.6) is 0 Å². The zero-order valence-electron chi connectivity index (χ0n) is 21.4. The predicted octanol–water partition coefficient (Wildman–Crippen LogP) is 6.29. The molecule has 1 aromatic carbocycles. The van der Waals surface area contributed by atoms with Gasteiger partial charge in [0.2, 0.25) is 5.92 Å². The van der Waals surface area contributed by atoms with Gasteiger partial charge in [0.05, 0.1) is 5.54 Å². The average Bonchev–Trinajstić information content (AvgIpc) is 3.24. The van der Waals surface area contributed by atoms with Crippen LogP contribution < -0.4 is 5.32 Å². The third-order valence-electron chi connectivity index (χ3n) is 6.94. The zero-order chi connectivity index (χ0) is 25.2. The van der Waals surface area contributed by atoms with E-state index < -0.39 is 11.5 Å². The second kappa shape index (κ2) is 9.84. The monoisotopic (exact) mass is 478 g/mol. The third kappa shape index (κ3) is 5.42. The number of nitrogens with zero attached hydrogens (tertiary/aromatic N) is 3. The second-order valence-corrected chi connectivity index (χ2v) is 10.0. The normalized spacial score (nSPS) is 22.4. The lowest BCUT2D eigenvalue weighted by atomic mass is 9.81. The summed E-state index contributed by atoms with van der Waals surface area (Å²) < 4.78 is 29.1. The number of benzene rings is 1. The Hall–Kier alpha value is -3.15. The standard InChI is InChI=1S/C29H36F2N4/c1-6-8-23(18-32-3)26-11-13-28(2,33-27(26)35(5)19-21-16-29(30,31)17-21)25-10-7-9-22(15-25)24-12-14-34(4)20-24/h7-15,18,20-21,33H,6,16-17,19H2,1-5H3/b23-8+,32-18?. The van der Waals surface area contributed by atoms with Crippen molar-refractivity contribution in [3.8, 4) is 11.1 Å². The van der Waals surface area contributed by atoms with Crippen LogP contribution in [0.15, 0.2) is 82.9 Å². The van der Waals surface area contributed by atoms with Crippen LogP contribution in [0.3, 0.4) is 0 Å². The molecule has 1 fully saturated rings. The van der Waals surface area contributed by atoms with E-state index in [1.807, 2.05) is 31.1 Å². The third-order valence-corrected chi connectivity index (χ3v) is 6.94. The van der Waals surface area contributed by atoms with Gasteiger partial charge in [-0.05, 0) is 53.7 Å². The van der Waals surface area contributed by atoms with Gasteiger partial charge in [-0.2, -0.15) is 0 Å². The van der Waals surface area contributed by atoms with Crippen LogP contribution in [-0.4, -0.2) is 42.2 Å². The highest BCUT2D eigenvalue weighted by Crippen LogP contribution is 2.43. The maximum absolute atomic E-state index is 13.5. The molecule has 2 aromatic rings. The molecule has 6 heteroatoms. The highest BCUT2D eigenvalue weighted by atomic mass is 19.3. The van der Waals surface area contributed by atoms with Crippen LogP contribution in [0, 0.1) is 5.92 Å². The Bertz CT molecular complexity index is 1180. The smallest absolute Gasteiger partial charge is 0.248 e. The molecule has 0 spiro atoms. The number of allylic oxidation sites excluding steroid dienone is 4. The minimum absolute atomic E-state index is 0.0115. The van der Waals surface area contributed by atoms with E-state index in [9.17, 15) is 8.78 Å². The Labute approximate surface area is 207 Å². The van der Waals surface area contributed by atoms with E-state index in [1.54, 1.807) is 7.05 Å². The highest BCUT2D eigenvalue weighted by molar-refractivity contribution is 5.86. The summed E-state index contributed by atoms with van der Waals surface area (Å²) in [4.78, 5) is 6.37. The minimum atomic E-state index is -2.52. The van der Waals surface area contributed by atoms with E-state index in [2.05, 4.69) is 83.8 Å². The quantitative estimate of drug-likeness (QED) is 0.452. The number of halogens is 2. The van der Waals surface area contributed by atoms with Crippen molar-refractivity contribution in [2.45, 2.75) is 44.6 Å². The van der Waals surface area contributed by atoms with Crippen LogP contribution >= 0.6 is 0 Å². The van der Waals surface area contributed by atoms with E-state index in [1.165, 1.54) is 5.56 Å². The molecule has 4 nitrogen and oxygen atoms in total. The van der Waals surface area contributed by atoms with Gasteiger partial charge in [-0.3, -0.25) is 4.99 Å². The van der Waals surface area contributed by atoms with Crippen molar-refractivity contribution >= 4 is 6.21 Å². The van der Waals surface area contributed by atoms with Gasteiger partial charge < -0.3 is 14.8 Å². The van der Waals surface area contributed by atoms with Crippen molar-refractivity contribution in [3.05, 3.63) is 83.5 Å². The number of aromatic nitrogens is 1. The molecule has 1 saturated carbocycles. The summed E-state index contributed by atoms with van der Waals surface area (Å²) in [5.74, 6) is -1.59. The maximum atomic E-state index is 13.5. The fourth-order valence-corrected chi connectivity index (χ4v) is 5.07. The Morgan fingerprint density at radius 2 is 2.03 bits per heavy atom. The molecule has 0 bridgehead atoms. The Morgan fingerprint density at radius 3 is 2.66 bits per heavy atom. The SMILES string of the molecule is CC/C=C(\C=NC)C1=C(N(C)CC2CC(F)(F)C2)NC(C)(c2cccc(-c3ccn(C)c3)c2)C=C1. The average molecular weight is 479 g/mol. The number of hydrogen-bond donors (Lipinski definition) is 1. The first-order valence-corrected chi connectivity index (χ1v) is 12.3. The summed E-state index contributed by atoms with van der Waals surface area (Å²) in [6.45, 7) is 4.84. The Morgan fingerprint density at radius 1 is 1.26 bits per heavy atom. The van der Waals surface area contributed by atoms with Crippen molar-refractivity contribution in [2.24, 2.45) is 18.0 Å². The van der Waals surface area contributed by atoms with Gasteiger partial charge in [0.1, 0.15) is 5.82 Å². The van der Waals surface area contributed by atoms with Crippen LogP contribution in [0.1, 0.15) is 38.7 Å². The molecule has 2 heterocycles. The van der Waals surface area contributed by atoms with Gasteiger partial charge in [-0.15, -0.1) is 0 Å². The van der Waals surface area contributed by atoms with Gasteiger partial charge in [0.25, 0.3) is 0 Å². The summed E-state index contributed by atoms with van der Waals surface area (Å²) >= 11 is 0. The molecular formula is C29H36F2N4. The molecule has 0 radical (unpaired) electrons. The van der Waals surface area contributed by atoms with Crippen LogP contribution in [0.2, 0.25) is 0 Å². The summed E-state index contributed by atoms with van der Waals surface area (Å²) in [6, 6.07) is 10.7. The molecule has 1 aromatic heterocycles. The molecule has 1 aliphatic heterocycles. The van der Waals surface area contributed by atoms with Gasteiger partial charge in [-0.1, -0.05) is 43.4 Å². The second-order valence-electron chi connectivity index (χ2n) is 10.0. The number of nitrogens with one attached hydrogen (secondary N) is 1. The van der Waals surface area contributed by atoms with E-state index >= 15 is 0 Å². The molecule has 0 saturated heterocycles. The van der Waals surface area contributed by atoms with Crippen LogP contribution in [0.4, 0.5) is 8.78 Å². The van der Waals surface area contributed by atoms with Crippen molar-refractivity contribution in [1.82, 2.24) is 14.8 Å². The molecule has 1 N–H and O–H groups in total. The molecule has 0 amide bonds. The first-order valence-electron chi connectivity index (χ1n) is 12.3. The maximum Gasteiger partial charge on any atom is 0.248 e. The van der Waals surface area contributed by atoms with E-state index in [0.717, 1.165) is 34.5 Å². The summed E-state index contributed by atoms with van der Waals surface area (Å²) in [7, 11) is 5.78. The number of aryl methyl sites for hydroxylation is 1. The van der Waals surface area contributed by atoms with Crippen LogP contribution in [0.25, 0.3) is 11.1 Å². The number of hydrogen-bond acceptors (Lipinski definition) is 3. The fraction of sp³-hybridized carbons (Fsp3) is 0.414. The fourth-order valence-electron chi connectivity index (χ4n) is 5.07. The zero-order valence-corrected chi connectivity index (χ0v) is 21.4. The Kier molecular flexibility index (Phi) is 7.02.